The van der Waals surface area contributed by atoms with E-state index in [1.165, 1.54) is 0 Å². The molecule has 17 heavy (non-hydrogen) atoms. The van der Waals surface area contributed by atoms with Crippen LogP contribution in [-0.2, 0) is 11.3 Å². The van der Waals surface area contributed by atoms with E-state index in [1.54, 1.807) is 22.9 Å². The number of rotatable bonds is 6. The van der Waals surface area contributed by atoms with E-state index in [-0.39, 0.29) is 17.4 Å². The molecule has 1 aromatic rings. The van der Waals surface area contributed by atoms with Gasteiger partial charge in [0.05, 0.1) is 0 Å². The quantitative estimate of drug-likeness (QED) is 0.759. The molecule has 94 valence electrons. The molecule has 0 fully saturated rings. The summed E-state index contributed by atoms with van der Waals surface area (Å²) in [6.07, 6.45) is 3.57. The number of pyridine rings is 1. The highest BCUT2D eigenvalue weighted by molar-refractivity contribution is 5.77. The lowest BCUT2D eigenvalue weighted by atomic mass is 10.2. The Morgan fingerprint density at radius 3 is 2.76 bits per heavy atom. The van der Waals surface area contributed by atoms with E-state index in [4.69, 9.17) is 0 Å². The molecule has 0 atom stereocenters. The second-order valence-electron chi connectivity index (χ2n) is 4.39. The Morgan fingerprint density at radius 2 is 2.12 bits per heavy atom. The first-order chi connectivity index (χ1) is 8.11. The van der Waals surface area contributed by atoms with Crippen molar-refractivity contribution < 1.29 is 4.79 Å². The Morgan fingerprint density at radius 1 is 1.35 bits per heavy atom. The molecule has 0 aliphatic rings. The van der Waals surface area contributed by atoms with Gasteiger partial charge in [0.1, 0.15) is 0 Å². The molecule has 0 radical (unpaired) electrons. The van der Waals surface area contributed by atoms with Crippen LogP contribution in [0.15, 0.2) is 29.2 Å². The number of amides is 1. The molecule has 4 nitrogen and oxygen atoms in total. The monoisotopic (exact) mass is 236 g/mol. The fourth-order valence-electron chi connectivity index (χ4n) is 1.47. The van der Waals surface area contributed by atoms with E-state index < -0.39 is 0 Å². The minimum Gasteiger partial charge on any atom is -0.356 e. The lowest BCUT2D eigenvalue weighted by Crippen LogP contribution is -2.28. The highest BCUT2D eigenvalue weighted by Gasteiger charge is 2.04. The van der Waals surface area contributed by atoms with E-state index in [0.717, 1.165) is 12.8 Å². The fraction of sp³-hybridized carbons (Fsp3) is 0.538. The highest BCUT2D eigenvalue weighted by Crippen LogP contribution is 1.94. The Kier molecular flexibility index (Phi) is 5.46. The number of carbonyl (C=O) groups is 1. The maximum atomic E-state index is 11.4. The molecule has 0 saturated carbocycles. The largest absolute Gasteiger partial charge is 0.356 e. The van der Waals surface area contributed by atoms with Crippen molar-refractivity contribution >= 4 is 5.91 Å². The summed E-state index contributed by atoms with van der Waals surface area (Å²) < 4.78 is 1.68. The molecular formula is C13H20N2O2. The zero-order valence-corrected chi connectivity index (χ0v) is 10.5. The van der Waals surface area contributed by atoms with Gasteiger partial charge in [-0.15, -0.1) is 0 Å². The molecule has 0 saturated heterocycles. The van der Waals surface area contributed by atoms with Gasteiger partial charge in [-0.1, -0.05) is 19.9 Å². The van der Waals surface area contributed by atoms with Crippen molar-refractivity contribution in [2.45, 2.75) is 33.2 Å². The van der Waals surface area contributed by atoms with Gasteiger partial charge in [-0.2, -0.15) is 0 Å². The number of nitrogens with one attached hydrogen (secondary N) is 1. The number of nitrogens with zero attached hydrogens (tertiary/aromatic N) is 1. The molecule has 1 aromatic heterocycles. The van der Waals surface area contributed by atoms with Gasteiger partial charge in [-0.25, -0.2) is 0 Å². The predicted molar refractivity (Wildman–Crippen MR) is 67.8 cm³/mol. The molecule has 1 amide bonds. The summed E-state index contributed by atoms with van der Waals surface area (Å²) >= 11 is 0. The molecule has 0 unspecified atom stereocenters. The Bertz CT molecular complexity index is 410. The number of aromatic nitrogens is 1. The van der Waals surface area contributed by atoms with E-state index in [1.807, 2.05) is 19.9 Å². The van der Waals surface area contributed by atoms with Crippen LogP contribution in [0.1, 0.15) is 26.7 Å². The minimum absolute atomic E-state index is 0.0266. The smallest absolute Gasteiger partial charge is 0.250 e. The number of carbonyl (C=O) groups excluding carboxylic acids is 1. The molecule has 0 spiro atoms. The van der Waals surface area contributed by atoms with Crippen LogP contribution >= 0.6 is 0 Å². The second-order valence-corrected chi connectivity index (χ2v) is 4.39. The third kappa shape index (κ3) is 4.85. The molecular weight excluding hydrogens is 216 g/mol. The zero-order chi connectivity index (χ0) is 12.7. The third-order valence-electron chi connectivity index (χ3n) is 2.55. The number of aryl methyl sites for hydroxylation is 1. The first kappa shape index (κ1) is 13.5. The van der Waals surface area contributed by atoms with E-state index in [0.29, 0.717) is 13.1 Å². The number of hydrogen-bond acceptors (Lipinski definition) is 2. The molecule has 1 N–H and O–H groups in total. The molecule has 1 rings (SSSR count). The summed E-state index contributed by atoms with van der Waals surface area (Å²) in [5, 5.41) is 2.86. The van der Waals surface area contributed by atoms with Gasteiger partial charge in [-0.05, 0) is 18.9 Å². The van der Waals surface area contributed by atoms with Crippen molar-refractivity contribution in [1.82, 2.24) is 9.88 Å². The van der Waals surface area contributed by atoms with Gasteiger partial charge in [0, 0.05) is 31.3 Å². The first-order valence-corrected chi connectivity index (χ1v) is 6.04. The maximum Gasteiger partial charge on any atom is 0.250 e. The fourth-order valence-corrected chi connectivity index (χ4v) is 1.47. The number of hydrogen-bond donors (Lipinski definition) is 1. The Hall–Kier alpha value is -1.58. The van der Waals surface area contributed by atoms with Crippen molar-refractivity contribution in [2.24, 2.45) is 5.92 Å². The topological polar surface area (TPSA) is 51.1 Å². The van der Waals surface area contributed by atoms with Gasteiger partial charge < -0.3 is 9.88 Å². The minimum atomic E-state index is 0.0266. The normalized spacial score (nSPS) is 10.5. The summed E-state index contributed by atoms with van der Waals surface area (Å²) in [7, 11) is 0. The first-order valence-electron chi connectivity index (χ1n) is 6.04. The molecule has 0 aliphatic heterocycles. The van der Waals surface area contributed by atoms with Crippen LogP contribution in [-0.4, -0.2) is 17.0 Å². The lowest BCUT2D eigenvalue weighted by Gasteiger charge is -2.08. The third-order valence-corrected chi connectivity index (χ3v) is 2.55. The molecule has 0 bridgehead atoms. The van der Waals surface area contributed by atoms with Gasteiger partial charge in [-0.3, -0.25) is 9.59 Å². The van der Waals surface area contributed by atoms with Crippen LogP contribution in [0.4, 0.5) is 0 Å². The van der Waals surface area contributed by atoms with Crippen LogP contribution < -0.4 is 10.9 Å². The van der Waals surface area contributed by atoms with Crippen molar-refractivity contribution in [3.05, 3.63) is 34.7 Å². The van der Waals surface area contributed by atoms with E-state index in [2.05, 4.69) is 5.32 Å². The van der Waals surface area contributed by atoms with Crippen LogP contribution in [0.2, 0.25) is 0 Å². The summed E-state index contributed by atoms with van der Waals surface area (Å²) in [6, 6.07) is 5.14. The van der Waals surface area contributed by atoms with Crippen LogP contribution in [0.5, 0.6) is 0 Å². The van der Waals surface area contributed by atoms with Crippen LogP contribution in [0.3, 0.4) is 0 Å². The summed E-state index contributed by atoms with van der Waals surface area (Å²) in [5.74, 6) is 0.119. The molecule has 1 heterocycles. The molecule has 4 heteroatoms. The van der Waals surface area contributed by atoms with Gasteiger partial charge in [0.15, 0.2) is 0 Å². The summed E-state index contributed by atoms with van der Waals surface area (Å²) in [6.45, 7) is 5.13. The molecule has 0 aliphatic carbocycles. The Balaban J connectivity index is 2.19. The SMILES string of the molecule is CC(C)C(=O)NCCCCn1ccccc1=O. The second kappa shape index (κ2) is 6.89. The van der Waals surface area contributed by atoms with Crippen molar-refractivity contribution in [2.75, 3.05) is 6.54 Å². The maximum absolute atomic E-state index is 11.4. The van der Waals surface area contributed by atoms with Gasteiger partial charge in [0.25, 0.3) is 0 Å². The predicted octanol–water partition coefficient (Wildman–Crippen LogP) is 1.40. The van der Waals surface area contributed by atoms with E-state index >= 15 is 0 Å². The average Bonchev–Trinajstić information content (AvgIpc) is 2.30. The van der Waals surface area contributed by atoms with Crippen LogP contribution in [0.25, 0.3) is 0 Å². The Labute approximate surface area is 102 Å². The highest BCUT2D eigenvalue weighted by atomic mass is 16.1. The number of unbranched alkanes of at least 4 members (excludes halogenated alkanes) is 1. The summed E-state index contributed by atoms with van der Waals surface area (Å²) in [4.78, 5) is 22.6. The van der Waals surface area contributed by atoms with Gasteiger partial charge in [0.2, 0.25) is 11.5 Å². The van der Waals surface area contributed by atoms with Crippen LogP contribution in [0, 0.1) is 5.92 Å². The lowest BCUT2D eigenvalue weighted by molar-refractivity contribution is -0.123. The molecule has 0 aromatic carbocycles. The van der Waals surface area contributed by atoms with Crippen molar-refractivity contribution in [3.8, 4) is 0 Å². The average molecular weight is 236 g/mol. The van der Waals surface area contributed by atoms with Crippen molar-refractivity contribution in [3.63, 3.8) is 0 Å². The van der Waals surface area contributed by atoms with Crippen molar-refractivity contribution in [1.29, 1.82) is 0 Å². The van der Waals surface area contributed by atoms with E-state index in [9.17, 15) is 9.59 Å². The standard InChI is InChI=1S/C13H20N2O2/c1-11(2)13(17)14-8-4-6-10-15-9-5-3-7-12(15)16/h3,5,7,9,11H,4,6,8,10H2,1-2H3,(H,14,17). The zero-order valence-electron chi connectivity index (χ0n) is 10.5. The van der Waals surface area contributed by atoms with Gasteiger partial charge >= 0.3 is 0 Å². The summed E-state index contributed by atoms with van der Waals surface area (Å²) in [5.41, 5.74) is 0.0266.